The molecule has 2 saturated heterocycles. The quantitative estimate of drug-likeness (QED) is 0.608. The van der Waals surface area contributed by atoms with Crippen LogP contribution < -0.4 is 9.80 Å². The maximum atomic E-state index is 9.10. The Morgan fingerprint density at radius 3 is 2.31 bits per heavy atom. The lowest BCUT2D eigenvalue weighted by Crippen LogP contribution is -2.37. The topological polar surface area (TPSA) is 74.5 Å². The Morgan fingerprint density at radius 1 is 0.897 bits per heavy atom. The molecule has 29 heavy (non-hydrogen) atoms. The van der Waals surface area contributed by atoms with Gasteiger partial charge >= 0.3 is 0 Å². The fraction of sp³-hybridized carbons (Fsp3) is 0.421. The van der Waals surface area contributed by atoms with Crippen LogP contribution >= 0.6 is 34.0 Å². The lowest BCUT2D eigenvalue weighted by atomic mass is 10.4. The summed E-state index contributed by atoms with van der Waals surface area (Å²) in [6.07, 6.45) is 1.91. The van der Waals surface area contributed by atoms with E-state index in [9.17, 15) is 0 Å². The van der Waals surface area contributed by atoms with Gasteiger partial charge in [-0.1, -0.05) is 11.3 Å². The van der Waals surface area contributed by atoms with Gasteiger partial charge in [0, 0.05) is 37.3 Å². The number of hydrogen-bond acceptors (Lipinski definition) is 10. The molecule has 0 aliphatic carbocycles. The lowest BCUT2D eigenvalue weighted by molar-refractivity contribution is 0.122. The number of ether oxygens (including phenoxy) is 2. The molecule has 5 heterocycles. The van der Waals surface area contributed by atoms with Crippen molar-refractivity contribution in [1.29, 1.82) is 5.26 Å². The number of thiophene rings is 1. The van der Waals surface area contributed by atoms with Crippen molar-refractivity contribution < 1.29 is 9.47 Å². The van der Waals surface area contributed by atoms with Gasteiger partial charge in [-0.15, -0.1) is 22.7 Å². The Hall–Kier alpha value is -2.03. The molecule has 3 aromatic heterocycles. The van der Waals surface area contributed by atoms with Crippen molar-refractivity contribution in [3.05, 3.63) is 23.2 Å². The van der Waals surface area contributed by atoms with Crippen molar-refractivity contribution >= 4 is 45.0 Å². The number of anilines is 2. The molecule has 0 atom stereocenters. The molecular formula is C19H19N5O2S3. The van der Waals surface area contributed by atoms with Crippen LogP contribution in [0.25, 0.3) is 19.6 Å². The highest BCUT2D eigenvalue weighted by atomic mass is 32.1. The Balaban J connectivity index is 1.50. The number of hydrogen-bond donors (Lipinski definition) is 0. The van der Waals surface area contributed by atoms with Gasteiger partial charge in [-0.05, 0) is 12.1 Å². The molecule has 2 fully saturated rings. The van der Waals surface area contributed by atoms with Gasteiger partial charge in [0.15, 0.2) is 10.9 Å². The summed E-state index contributed by atoms with van der Waals surface area (Å²) in [4.78, 5) is 18.3. The number of morpholine rings is 2. The fourth-order valence-electron chi connectivity index (χ4n) is 3.34. The van der Waals surface area contributed by atoms with Crippen LogP contribution in [0, 0.1) is 11.3 Å². The summed E-state index contributed by atoms with van der Waals surface area (Å²) >= 11 is 4.87. The number of aromatic nitrogens is 2. The van der Waals surface area contributed by atoms with Crippen LogP contribution in [0.4, 0.5) is 10.9 Å². The smallest absolute Gasteiger partial charge is 0.188 e. The minimum atomic E-state index is 0.719. The normalized spacial score (nSPS) is 17.5. The second kappa shape index (κ2) is 8.38. The van der Waals surface area contributed by atoms with E-state index in [1.807, 2.05) is 18.3 Å². The molecule has 2 aliphatic rings. The maximum Gasteiger partial charge on any atom is 0.188 e. The summed E-state index contributed by atoms with van der Waals surface area (Å²) < 4.78 is 11.0. The van der Waals surface area contributed by atoms with Gasteiger partial charge in [0.05, 0.1) is 31.3 Å². The SMILES string of the molecule is N#Cc1ccc(-c2cnc(-c3sc(N4CCOCC4)nc3N3CCOCC3)s2)s1. The van der Waals surface area contributed by atoms with Gasteiger partial charge < -0.3 is 19.3 Å². The molecule has 2 aliphatic heterocycles. The van der Waals surface area contributed by atoms with Crippen LogP contribution in [0.5, 0.6) is 0 Å². The number of nitrogens with zero attached hydrogens (tertiary/aromatic N) is 5. The van der Waals surface area contributed by atoms with Crippen LogP contribution in [-0.4, -0.2) is 62.6 Å². The summed E-state index contributed by atoms with van der Waals surface area (Å²) in [7, 11) is 0. The van der Waals surface area contributed by atoms with E-state index in [0.29, 0.717) is 0 Å². The Kier molecular flexibility index (Phi) is 5.48. The van der Waals surface area contributed by atoms with Crippen molar-refractivity contribution in [2.45, 2.75) is 0 Å². The van der Waals surface area contributed by atoms with Gasteiger partial charge in [0.25, 0.3) is 0 Å². The highest BCUT2D eigenvalue weighted by molar-refractivity contribution is 7.27. The van der Waals surface area contributed by atoms with Crippen molar-refractivity contribution in [1.82, 2.24) is 9.97 Å². The zero-order valence-electron chi connectivity index (χ0n) is 15.7. The van der Waals surface area contributed by atoms with E-state index >= 15 is 0 Å². The highest BCUT2D eigenvalue weighted by Crippen LogP contribution is 2.44. The van der Waals surface area contributed by atoms with Crippen LogP contribution in [0.15, 0.2) is 18.3 Å². The highest BCUT2D eigenvalue weighted by Gasteiger charge is 2.26. The largest absolute Gasteiger partial charge is 0.378 e. The molecule has 0 radical (unpaired) electrons. The van der Waals surface area contributed by atoms with E-state index in [1.165, 1.54) is 11.3 Å². The van der Waals surface area contributed by atoms with Crippen LogP contribution in [-0.2, 0) is 9.47 Å². The molecule has 10 heteroatoms. The predicted molar refractivity (Wildman–Crippen MR) is 117 cm³/mol. The van der Waals surface area contributed by atoms with Crippen LogP contribution in [0.2, 0.25) is 0 Å². The Labute approximate surface area is 180 Å². The summed E-state index contributed by atoms with van der Waals surface area (Å²) in [6, 6.07) is 6.07. The number of nitriles is 1. The van der Waals surface area contributed by atoms with Gasteiger partial charge in [-0.3, -0.25) is 0 Å². The maximum absolute atomic E-state index is 9.10. The molecule has 0 N–H and O–H groups in total. The Morgan fingerprint density at radius 2 is 1.62 bits per heavy atom. The molecular weight excluding hydrogens is 426 g/mol. The van der Waals surface area contributed by atoms with Crippen molar-refractivity contribution in [3.63, 3.8) is 0 Å². The first-order valence-corrected chi connectivity index (χ1v) is 11.9. The third-order valence-electron chi connectivity index (χ3n) is 4.85. The predicted octanol–water partition coefficient (Wildman–Crippen LogP) is 3.54. The first-order valence-electron chi connectivity index (χ1n) is 9.44. The van der Waals surface area contributed by atoms with E-state index in [-0.39, 0.29) is 0 Å². The van der Waals surface area contributed by atoms with Crippen LogP contribution in [0.3, 0.4) is 0 Å². The molecule has 0 saturated carbocycles. The van der Waals surface area contributed by atoms with Crippen molar-refractivity contribution in [2.75, 3.05) is 62.4 Å². The monoisotopic (exact) mass is 445 g/mol. The molecule has 0 bridgehead atoms. The average molecular weight is 446 g/mol. The third kappa shape index (κ3) is 3.89. The summed E-state index contributed by atoms with van der Waals surface area (Å²) in [5.41, 5.74) is 0. The number of thiazole rings is 2. The second-order valence-electron chi connectivity index (χ2n) is 6.65. The van der Waals surface area contributed by atoms with Gasteiger partial charge in [0.1, 0.15) is 20.8 Å². The minimum absolute atomic E-state index is 0.719. The van der Waals surface area contributed by atoms with E-state index in [4.69, 9.17) is 24.7 Å². The third-order valence-corrected chi connectivity index (χ3v) is 8.29. The average Bonchev–Trinajstić information content (AvgIpc) is 3.53. The summed E-state index contributed by atoms with van der Waals surface area (Å²) in [5.74, 6) is 1.00. The summed E-state index contributed by atoms with van der Waals surface area (Å²) in [5, 5.41) is 11.1. The van der Waals surface area contributed by atoms with E-state index in [1.54, 1.807) is 22.7 Å². The van der Waals surface area contributed by atoms with E-state index in [2.05, 4.69) is 15.9 Å². The van der Waals surface area contributed by atoms with E-state index in [0.717, 1.165) is 88.1 Å². The minimum Gasteiger partial charge on any atom is -0.378 e. The Bertz CT molecular complexity index is 1020. The zero-order chi connectivity index (χ0) is 19.6. The zero-order valence-corrected chi connectivity index (χ0v) is 18.1. The van der Waals surface area contributed by atoms with Crippen molar-refractivity contribution in [2.24, 2.45) is 0 Å². The number of rotatable bonds is 4. The van der Waals surface area contributed by atoms with Gasteiger partial charge in [-0.25, -0.2) is 9.97 Å². The first kappa shape index (κ1) is 19.0. The van der Waals surface area contributed by atoms with Gasteiger partial charge in [-0.2, -0.15) is 5.26 Å². The molecule has 0 aromatic carbocycles. The second-order valence-corrected chi connectivity index (χ2v) is 9.75. The molecule has 0 amide bonds. The molecule has 5 rings (SSSR count). The van der Waals surface area contributed by atoms with Crippen LogP contribution in [0.1, 0.15) is 4.88 Å². The molecule has 7 nitrogen and oxygen atoms in total. The fourth-order valence-corrected chi connectivity index (χ4v) is 6.36. The van der Waals surface area contributed by atoms with E-state index < -0.39 is 0 Å². The van der Waals surface area contributed by atoms with Crippen molar-refractivity contribution in [3.8, 4) is 25.7 Å². The van der Waals surface area contributed by atoms with Gasteiger partial charge in [0.2, 0.25) is 0 Å². The lowest BCUT2D eigenvalue weighted by Gasteiger charge is -2.28. The molecule has 0 unspecified atom stereocenters. The molecule has 3 aromatic rings. The summed E-state index contributed by atoms with van der Waals surface area (Å²) in [6.45, 7) is 6.33. The molecule has 150 valence electrons. The molecule has 0 spiro atoms. The standard InChI is InChI=1S/C19H19N5O2S3/c20-11-13-1-2-14(27-13)15-12-21-18(28-15)16-17(23-3-7-25-8-4-23)22-19(29-16)24-5-9-26-10-6-24/h1-2,12H,3-10H2. The first-order chi connectivity index (χ1) is 14.3.